The molecule has 0 spiro atoms. The molecular weight excluding hydrogens is 238 g/mol. The van der Waals surface area contributed by atoms with Crippen molar-refractivity contribution < 1.29 is 4.74 Å². The van der Waals surface area contributed by atoms with Gasteiger partial charge >= 0.3 is 0 Å². The van der Waals surface area contributed by atoms with Crippen LogP contribution in [0.5, 0.6) is 0 Å². The van der Waals surface area contributed by atoms with Crippen molar-refractivity contribution in [2.45, 2.75) is 65.3 Å². The highest BCUT2D eigenvalue weighted by atomic mass is 16.5. The van der Waals surface area contributed by atoms with Crippen LogP contribution >= 0.6 is 0 Å². The molecule has 114 valence electrons. The highest BCUT2D eigenvalue weighted by Crippen LogP contribution is 2.02. The lowest BCUT2D eigenvalue weighted by atomic mass is 10.1. The molecule has 0 aromatic heterocycles. The third kappa shape index (κ3) is 12.0. The highest BCUT2D eigenvalue weighted by molar-refractivity contribution is 5.79. The Hall–Kier alpha value is -0.770. The Balaban J connectivity index is 3.59. The van der Waals surface area contributed by atoms with Gasteiger partial charge < -0.3 is 15.4 Å². The Labute approximate surface area is 119 Å². The Morgan fingerprint density at radius 3 is 2.58 bits per heavy atom. The molecule has 0 fully saturated rings. The Morgan fingerprint density at radius 1 is 1.16 bits per heavy atom. The van der Waals surface area contributed by atoms with Crippen LogP contribution in [0.4, 0.5) is 0 Å². The largest absolute Gasteiger partial charge is 0.382 e. The van der Waals surface area contributed by atoms with Crippen molar-refractivity contribution in [3.63, 3.8) is 0 Å². The average Bonchev–Trinajstić information content (AvgIpc) is 2.41. The van der Waals surface area contributed by atoms with E-state index >= 15 is 0 Å². The molecule has 0 saturated heterocycles. The van der Waals surface area contributed by atoms with E-state index in [0.717, 1.165) is 38.6 Å². The lowest BCUT2D eigenvalue weighted by Gasteiger charge is -2.17. The van der Waals surface area contributed by atoms with Gasteiger partial charge in [-0.25, -0.2) is 0 Å². The van der Waals surface area contributed by atoms with Gasteiger partial charge in [-0.1, -0.05) is 26.2 Å². The van der Waals surface area contributed by atoms with Crippen molar-refractivity contribution in [1.29, 1.82) is 0 Å². The normalized spacial score (nSPS) is 13.4. The third-order valence-electron chi connectivity index (χ3n) is 3.06. The van der Waals surface area contributed by atoms with E-state index in [1.807, 2.05) is 14.0 Å². The fraction of sp³-hybridized carbons (Fsp3) is 0.933. The fourth-order valence-electron chi connectivity index (χ4n) is 1.88. The van der Waals surface area contributed by atoms with Gasteiger partial charge in [-0.15, -0.1) is 0 Å². The number of unbranched alkanes of at least 4 members (excludes halogenated alkanes) is 3. The minimum Gasteiger partial charge on any atom is -0.382 e. The van der Waals surface area contributed by atoms with Crippen LogP contribution in [0.1, 0.15) is 59.3 Å². The van der Waals surface area contributed by atoms with Gasteiger partial charge in [0.15, 0.2) is 5.96 Å². The molecule has 4 nitrogen and oxygen atoms in total. The zero-order valence-electron chi connectivity index (χ0n) is 13.3. The van der Waals surface area contributed by atoms with Crippen LogP contribution in [-0.2, 0) is 4.74 Å². The van der Waals surface area contributed by atoms with E-state index in [1.54, 1.807) is 0 Å². The molecule has 2 N–H and O–H groups in total. The second-order valence-electron chi connectivity index (χ2n) is 4.94. The predicted octanol–water partition coefficient (Wildman–Crippen LogP) is 2.94. The molecule has 0 amide bonds. The SMILES string of the molecule is CCCCCC(C)NC(=NC)NCCCCOCC. The van der Waals surface area contributed by atoms with E-state index in [9.17, 15) is 0 Å². The fourth-order valence-corrected chi connectivity index (χ4v) is 1.88. The van der Waals surface area contributed by atoms with Gasteiger partial charge in [0.25, 0.3) is 0 Å². The molecule has 19 heavy (non-hydrogen) atoms. The first-order valence-corrected chi connectivity index (χ1v) is 7.79. The third-order valence-corrected chi connectivity index (χ3v) is 3.06. The van der Waals surface area contributed by atoms with Crippen LogP contribution in [0.15, 0.2) is 4.99 Å². The van der Waals surface area contributed by atoms with Crippen molar-refractivity contribution in [1.82, 2.24) is 10.6 Å². The Morgan fingerprint density at radius 2 is 1.95 bits per heavy atom. The molecule has 0 rings (SSSR count). The van der Waals surface area contributed by atoms with Gasteiger partial charge in [-0.2, -0.15) is 0 Å². The van der Waals surface area contributed by atoms with E-state index in [0.29, 0.717) is 6.04 Å². The topological polar surface area (TPSA) is 45.7 Å². The van der Waals surface area contributed by atoms with E-state index in [-0.39, 0.29) is 0 Å². The van der Waals surface area contributed by atoms with Crippen LogP contribution in [0.2, 0.25) is 0 Å². The zero-order chi connectivity index (χ0) is 14.3. The van der Waals surface area contributed by atoms with Gasteiger partial charge in [0.05, 0.1) is 0 Å². The first-order valence-electron chi connectivity index (χ1n) is 7.79. The number of nitrogens with one attached hydrogen (secondary N) is 2. The number of nitrogens with zero attached hydrogens (tertiary/aromatic N) is 1. The summed E-state index contributed by atoms with van der Waals surface area (Å²) in [5, 5.41) is 6.79. The van der Waals surface area contributed by atoms with Gasteiger partial charge in [0, 0.05) is 32.8 Å². The second kappa shape index (κ2) is 13.7. The van der Waals surface area contributed by atoms with Crippen molar-refractivity contribution in [2.24, 2.45) is 4.99 Å². The van der Waals surface area contributed by atoms with Gasteiger partial charge in [-0.05, 0) is 33.1 Å². The van der Waals surface area contributed by atoms with E-state index < -0.39 is 0 Å². The molecule has 1 unspecified atom stereocenters. The first-order chi connectivity index (χ1) is 9.24. The lowest BCUT2D eigenvalue weighted by Crippen LogP contribution is -2.42. The molecule has 0 heterocycles. The Kier molecular flexibility index (Phi) is 13.1. The Bertz CT molecular complexity index is 219. The molecule has 0 saturated carbocycles. The summed E-state index contributed by atoms with van der Waals surface area (Å²) in [6.07, 6.45) is 7.30. The molecule has 0 aliphatic rings. The molecule has 0 aromatic rings. The molecular formula is C15H33N3O. The smallest absolute Gasteiger partial charge is 0.191 e. The minimum atomic E-state index is 0.487. The number of hydrogen-bond acceptors (Lipinski definition) is 2. The van der Waals surface area contributed by atoms with Gasteiger partial charge in [-0.3, -0.25) is 4.99 Å². The van der Waals surface area contributed by atoms with E-state index in [4.69, 9.17) is 4.74 Å². The van der Waals surface area contributed by atoms with Crippen LogP contribution in [0, 0.1) is 0 Å². The summed E-state index contributed by atoms with van der Waals surface area (Å²) in [5.41, 5.74) is 0. The average molecular weight is 271 g/mol. The summed E-state index contributed by atoms with van der Waals surface area (Å²) in [4.78, 5) is 4.25. The number of rotatable bonds is 11. The summed E-state index contributed by atoms with van der Waals surface area (Å²) in [6, 6.07) is 0.487. The molecule has 0 aliphatic heterocycles. The van der Waals surface area contributed by atoms with Gasteiger partial charge in [0.1, 0.15) is 0 Å². The number of ether oxygens (including phenoxy) is 1. The quantitative estimate of drug-likeness (QED) is 0.345. The second-order valence-corrected chi connectivity index (χ2v) is 4.94. The maximum Gasteiger partial charge on any atom is 0.191 e. The summed E-state index contributed by atoms with van der Waals surface area (Å²) in [5.74, 6) is 0.917. The van der Waals surface area contributed by atoms with Crippen LogP contribution in [0.25, 0.3) is 0 Å². The van der Waals surface area contributed by atoms with E-state index in [2.05, 4.69) is 29.5 Å². The van der Waals surface area contributed by atoms with E-state index in [1.165, 1.54) is 25.7 Å². The maximum atomic E-state index is 5.31. The summed E-state index contributed by atoms with van der Waals surface area (Å²) < 4.78 is 5.31. The number of hydrogen-bond donors (Lipinski definition) is 2. The molecule has 4 heteroatoms. The monoisotopic (exact) mass is 271 g/mol. The lowest BCUT2D eigenvalue weighted by molar-refractivity contribution is 0.143. The minimum absolute atomic E-state index is 0.487. The standard InChI is InChI=1S/C15H33N3O/c1-5-7-8-11-14(3)18-15(16-4)17-12-9-10-13-19-6-2/h14H,5-13H2,1-4H3,(H2,16,17,18). The summed E-state index contributed by atoms with van der Waals surface area (Å²) in [7, 11) is 1.83. The molecule has 0 radical (unpaired) electrons. The van der Waals surface area contributed by atoms with Crippen molar-refractivity contribution in [3.05, 3.63) is 0 Å². The molecule has 1 atom stereocenters. The van der Waals surface area contributed by atoms with Crippen LogP contribution in [0.3, 0.4) is 0 Å². The molecule has 0 aliphatic carbocycles. The van der Waals surface area contributed by atoms with Crippen LogP contribution < -0.4 is 10.6 Å². The predicted molar refractivity (Wildman–Crippen MR) is 83.8 cm³/mol. The number of aliphatic imine (C=N–C) groups is 1. The van der Waals surface area contributed by atoms with Crippen molar-refractivity contribution >= 4 is 5.96 Å². The summed E-state index contributed by atoms with van der Waals surface area (Å²) >= 11 is 0. The maximum absolute atomic E-state index is 5.31. The van der Waals surface area contributed by atoms with Gasteiger partial charge in [0.2, 0.25) is 0 Å². The van der Waals surface area contributed by atoms with Crippen molar-refractivity contribution in [2.75, 3.05) is 26.8 Å². The molecule has 0 bridgehead atoms. The highest BCUT2D eigenvalue weighted by Gasteiger charge is 2.04. The van der Waals surface area contributed by atoms with Crippen molar-refractivity contribution in [3.8, 4) is 0 Å². The summed E-state index contributed by atoms with van der Waals surface area (Å²) in [6.45, 7) is 9.11. The molecule has 0 aromatic carbocycles. The first kappa shape index (κ1) is 18.2. The number of guanidine groups is 1. The van der Waals surface area contributed by atoms with Crippen LogP contribution in [-0.4, -0.2) is 38.8 Å². The zero-order valence-corrected chi connectivity index (χ0v) is 13.3.